The molecule has 0 aliphatic heterocycles. The van der Waals surface area contributed by atoms with Gasteiger partial charge >= 0.3 is 0 Å². The van der Waals surface area contributed by atoms with Crippen molar-refractivity contribution in [2.75, 3.05) is 6.61 Å². The van der Waals surface area contributed by atoms with E-state index in [9.17, 15) is 4.39 Å². The summed E-state index contributed by atoms with van der Waals surface area (Å²) in [5.74, 6) is 0.793. The molecule has 3 heteroatoms. The number of hydrogen-bond acceptors (Lipinski definition) is 1. The van der Waals surface area contributed by atoms with Crippen molar-refractivity contribution in [1.29, 1.82) is 0 Å². The van der Waals surface area contributed by atoms with Crippen molar-refractivity contribution >= 4 is 17.2 Å². The van der Waals surface area contributed by atoms with Gasteiger partial charge in [0.05, 0.1) is 6.61 Å². The van der Waals surface area contributed by atoms with Crippen LogP contribution in [0.5, 0.6) is 5.75 Å². The van der Waals surface area contributed by atoms with E-state index in [0.717, 1.165) is 37.7 Å². The Hall–Kier alpha value is -1.02. The number of ether oxygens (including phenoxy) is 1. The molecule has 0 amide bonds. The van der Waals surface area contributed by atoms with Gasteiger partial charge in [-0.05, 0) is 49.3 Å². The minimum atomic E-state index is -0.346. The third-order valence-electron chi connectivity index (χ3n) is 3.82. The summed E-state index contributed by atoms with van der Waals surface area (Å²) >= 11 is 6.10. The number of unbranched alkanes of at least 4 members (excludes halogenated alkanes) is 1. The Morgan fingerprint density at radius 1 is 1.40 bits per heavy atom. The van der Waals surface area contributed by atoms with Gasteiger partial charge in [0.15, 0.2) is 5.82 Å². The van der Waals surface area contributed by atoms with Crippen molar-refractivity contribution in [1.82, 2.24) is 0 Å². The molecule has 0 radical (unpaired) electrons. The Bertz CT molecular complexity index is 496. The van der Waals surface area contributed by atoms with E-state index < -0.39 is 0 Å². The van der Waals surface area contributed by atoms with Crippen molar-refractivity contribution in [2.24, 2.45) is 5.92 Å². The number of benzene rings is 1. The van der Waals surface area contributed by atoms with Gasteiger partial charge in [-0.1, -0.05) is 37.9 Å². The quantitative estimate of drug-likeness (QED) is 0.618. The van der Waals surface area contributed by atoms with Gasteiger partial charge in [-0.15, -0.1) is 0 Å². The molecule has 0 fully saturated rings. The first-order valence-electron chi connectivity index (χ1n) is 7.43. The zero-order chi connectivity index (χ0) is 14.5. The summed E-state index contributed by atoms with van der Waals surface area (Å²) in [5.41, 5.74) is 1.70. The summed E-state index contributed by atoms with van der Waals surface area (Å²) in [7, 11) is 0. The van der Waals surface area contributed by atoms with Crippen LogP contribution in [-0.4, -0.2) is 6.61 Å². The highest BCUT2D eigenvalue weighted by molar-refractivity contribution is 6.32. The minimum absolute atomic E-state index is 0.109. The Balaban J connectivity index is 2.18. The molecule has 1 nitrogen and oxygen atoms in total. The molecule has 1 unspecified atom stereocenters. The smallest absolute Gasteiger partial charge is 0.153 e. The fourth-order valence-corrected chi connectivity index (χ4v) is 2.65. The second-order valence-electron chi connectivity index (χ2n) is 5.55. The summed E-state index contributed by atoms with van der Waals surface area (Å²) in [5, 5.41) is 0.109. The van der Waals surface area contributed by atoms with E-state index >= 15 is 0 Å². The molecule has 0 saturated heterocycles. The minimum Gasteiger partial charge on any atom is -0.492 e. The summed E-state index contributed by atoms with van der Waals surface area (Å²) in [6.45, 7) is 4.89. The molecular formula is C17H22ClFO. The first-order chi connectivity index (χ1) is 9.63. The zero-order valence-electron chi connectivity index (χ0n) is 12.2. The van der Waals surface area contributed by atoms with Crippen LogP contribution in [0.15, 0.2) is 18.2 Å². The van der Waals surface area contributed by atoms with Crippen LogP contribution in [0.1, 0.15) is 51.5 Å². The van der Waals surface area contributed by atoms with Gasteiger partial charge < -0.3 is 4.74 Å². The fourth-order valence-electron chi connectivity index (χ4n) is 2.43. The van der Waals surface area contributed by atoms with Crippen LogP contribution >= 0.6 is 11.6 Å². The SMILES string of the molecule is CCCCOc1ccc(C2=CCC(C)CC2)c(F)c1Cl. The first-order valence-corrected chi connectivity index (χ1v) is 7.81. The van der Waals surface area contributed by atoms with Gasteiger partial charge in [-0.2, -0.15) is 0 Å². The zero-order valence-corrected chi connectivity index (χ0v) is 13.0. The Kier molecular flexibility index (Phi) is 5.47. The summed E-state index contributed by atoms with van der Waals surface area (Å²) in [4.78, 5) is 0. The third kappa shape index (κ3) is 3.54. The summed E-state index contributed by atoms with van der Waals surface area (Å²) in [6, 6.07) is 3.58. The maximum absolute atomic E-state index is 14.4. The highest BCUT2D eigenvalue weighted by atomic mass is 35.5. The van der Waals surface area contributed by atoms with Crippen LogP contribution in [0.4, 0.5) is 4.39 Å². The molecule has 0 saturated carbocycles. The number of allylic oxidation sites excluding steroid dienone is 2. The van der Waals surface area contributed by atoms with Gasteiger partial charge in [0, 0.05) is 5.56 Å². The summed E-state index contributed by atoms with van der Waals surface area (Å²) < 4.78 is 19.9. The van der Waals surface area contributed by atoms with Crippen molar-refractivity contribution in [3.63, 3.8) is 0 Å². The van der Waals surface area contributed by atoms with Crippen LogP contribution in [0.3, 0.4) is 0 Å². The maximum atomic E-state index is 14.4. The van der Waals surface area contributed by atoms with E-state index in [0.29, 0.717) is 23.8 Å². The van der Waals surface area contributed by atoms with Crippen molar-refractivity contribution < 1.29 is 9.13 Å². The molecule has 0 spiro atoms. The maximum Gasteiger partial charge on any atom is 0.153 e. The largest absolute Gasteiger partial charge is 0.492 e. The Morgan fingerprint density at radius 2 is 2.20 bits per heavy atom. The molecule has 0 aromatic heterocycles. The molecule has 1 atom stereocenters. The molecular weight excluding hydrogens is 275 g/mol. The lowest BCUT2D eigenvalue weighted by Crippen LogP contribution is -2.04. The van der Waals surface area contributed by atoms with Gasteiger partial charge in [0.2, 0.25) is 0 Å². The van der Waals surface area contributed by atoms with E-state index in [4.69, 9.17) is 16.3 Å². The molecule has 0 bridgehead atoms. The Morgan fingerprint density at radius 3 is 2.85 bits per heavy atom. The molecule has 0 heterocycles. The van der Waals surface area contributed by atoms with Crippen LogP contribution in [0.25, 0.3) is 5.57 Å². The monoisotopic (exact) mass is 296 g/mol. The summed E-state index contributed by atoms with van der Waals surface area (Å²) in [6.07, 6.45) is 7.18. The lowest BCUT2D eigenvalue weighted by atomic mass is 9.87. The predicted molar refractivity (Wildman–Crippen MR) is 82.8 cm³/mol. The standard InChI is InChI=1S/C17H22ClFO/c1-3-4-11-20-15-10-9-14(17(19)16(15)18)13-7-5-12(2)6-8-13/h7,9-10,12H,3-6,8,11H2,1-2H3. The first kappa shape index (κ1) is 15.4. The number of hydrogen-bond donors (Lipinski definition) is 0. The van der Waals surface area contributed by atoms with Gasteiger partial charge in [-0.25, -0.2) is 4.39 Å². The fraction of sp³-hybridized carbons (Fsp3) is 0.529. The van der Waals surface area contributed by atoms with Crippen LogP contribution in [0.2, 0.25) is 5.02 Å². The van der Waals surface area contributed by atoms with Crippen LogP contribution < -0.4 is 4.74 Å². The molecule has 1 aromatic rings. The molecule has 110 valence electrons. The van der Waals surface area contributed by atoms with E-state index in [1.165, 1.54) is 0 Å². The molecule has 2 rings (SSSR count). The lowest BCUT2D eigenvalue weighted by Gasteiger charge is -2.19. The van der Waals surface area contributed by atoms with Crippen molar-refractivity contribution in [3.05, 3.63) is 34.6 Å². The Labute approximate surface area is 125 Å². The van der Waals surface area contributed by atoms with E-state index in [-0.39, 0.29) is 10.8 Å². The molecule has 1 aliphatic rings. The van der Waals surface area contributed by atoms with E-state index in [1.54, 1.807) is 12.1 Å². The molecule has 1 aliphatic carbocycles. The van der Waals surface area contributed by atoms with Gasteiger partial charge in [0.25, 0.3) is 0 Å². The van der Waals surface area contributed by atoms with E-state index in [1.807, 2.05) is 0 Å². The van der Waals surface area contributed by atoms with Gasteiger partial charge in [-0.3, -0.25) is 0 Å². The van der Waals surface area contributed by atoms with Crippen molar-refractivity contribution in [2.45, 2.75) is 46.0 Å². The van der Waals surface area contributed by atoms with Crippen LogP contribution in [0, 0.1) is 11.7 Å². The molecule has 1 aromatic carbocycles. The highest BCUT2D eigenvalue weighted by Gasteiger charge is 2.18. The second kappa shape index (κ2) is 7.12. The molecule has 0 N–H and O–H groups in total. The van der Waals surface area contributed by atoms with E-state index in [2.05, 4.69) is 19.9 Å². The second-order valence-corrected chi connectivity index (χ2v) is 5.93. The average molecular weight is 297 g/mol. The average Bonchev–Trinajstić information content (AvgIpc) is 2.45. The number of halogens is 2. The van der Waals surface area contributed by atoms with Crippen molar-refractivity contribution in [3.8, 4) is 5.75 Å². The van der Waals surface area contributed by atoms with Crippen LogP contribution in [-0.2, 0) is 0 Å². The lowest BCUT2D eigenvalue weighted by molar-refractivity contribution is 0.308. The number of rotatable bonds is 5. The molecule has 20 heavy (non-hydrogen) atoms. The normalized spacial score (nSPS) is 18.8. The third-order valence-corrected chi connectivity index (χ3v) is 4.17. The highest BCUT2D eigenvalue weighted by Crippen LogP contribution is 2.36. The van der Waals surface area contributed by atoms with Gasteiger partial charge in [0.1, 0.15) is 10.8 Å². The predicted octanol–water partition coefficient (Wildman–Crippen LogP) is 5.86. The topological polar surface area (TPSA) is 9.23 Å².